The molecule has 7 aromatic rings. The number of anilines is 8. The first-order chi connectivity index (χ1) is 31.6. The largest absolute Gasteiger partial charge is 0.330 e. The Morgan fingerprint density at radius 2 is 1.01 bits per heavy atom. The van der Waals surface area contributed by atoms with Crippen LogP contribution in [0.5, 0.6) is 0 Å². The quantitative estimate of drug-likeness (QED) is 0.164. The highest BCUT2D eigenvalue weighted by molar-refractivity contribution is 7.00. The normalized spacial score (nSPS) is 19.4. The van der Waals surface area contributed by atoms with Crippen molar-refractivity contribution in [2.24, 2.45) is 0 Å². The smallest absolute Gasteiger partial charge is 0.252 e. The van der Waals surface area contributed by atoms with E-state index in [1.165, 1.54) is 112 Å². The van der Waals surface area contributed by atoms with Crippen LogP contribution in [-0.4, -0.2) is 6.71 Å². The third-order valence-corrected chi connectivity index (χ3v) is 16.5. The van der Waals surface area contributed by atoms with E-state index in [0.29, 0.717) is 0 Å². The van der Waals surface area contributed by atoms with Crippen molar-refractivity contribution in [1.29, 1.82) is 0 Å². The summed E-state index contributed by atoms with van der Waals surface area (Å²) in [6.45, 7) is 32.9. The first-order valence-corrected chi connectivity index (χ1v) is 24.8. The van der Waals surface area contributed by atoms with Crippen molar-refractivity contribution >= 4 is 68.6 Å². The molecule has 338 valence electrons. The van der Waals surface area contributed by atoms with E-state index in [-0.39, 0.29) is 33.9 Å². The summed E-state index contributed by atoms with van der Waals surface area (Å²) >= 11 is 0. The first kappa shape index (κ1) is 43.6. The molecule has 0 saturated carbocycles. The molecule has 3 nitrogen and oxygen atoms in total. The molecule has 1 aliphatic carbocycles. The van der Waals surface area contributed by atoms with Crippen LogP contribution in [-0.2, 0) is 33.6 Å². The second kappa shape index (κ2) is 14.5. The van der Waals surface area contributed by atoms with E-state index >= 15 is 0 Å². The molecule has 3 aliphatic heterocycles. The van der Waals surface area contributed by atoms with E-state index in [1.54, 1.807) is 0 Å². The van der Waals surface area contributed by atoms with E-state index in [4.69, 9.17) is 0 Å². The van der Waals surface area contributed by atoms with Gasteiger partial charge in [-0.05, 0) is 172 Å². The van der Waals surface area contributed by atoms with Crippen LogP contribution in [0.15, 0.2) is 133 Å². The minimum absolute atomic E-state index is 0.0219. The molecule has 4 aliphatic rings. The molecule has 4 heteroatoms. The standard InChI is InChI=1S/C63H68BN3/c1-39-33-41(3)58-50(34-39)62(13)32-31-42-17-15-16-18-49(42)63(62,14)67(58)48-28-29-51-54(38-48)66(47-26-21-44(22-27-47)60(7,8)9)56-36-40(2)35-55-57(56)64(51)52-37-45(61(10,11)12)23-30-53(52)65(55)46-24-19-43(20-25-46)59(4,5)6/h15-30,33-38H,31-32H2,1-14H3. The van der Waals surface area contributed by atoms with Crippen molar-refractivity contribution in [3.8, 4) is 0 Å². The van der Waals surface area contributed by atoms with Gasteiger partial charge in [0.2, 0.25) is 0 Å². The summed E-state index contributed by atoms with van der Waals surface area (Å²) in [5, 5.41) is 0. The number of hydrogen-bond acceptors (Lipinski definition) is 3. The van der Waals surface area contributed by atoms with E-state index in [1.807, 2.05) is 0 Å². The molecular formula is C63H68BN3. The average molecular weight is 878 g/mol. The predicted molar refractivity (Wildman–Crippen MR) is 289 cm³/mol. The summed E-state index contributed by atoms with van der Waals surface area (Å²) in [4.78, 5) is 7.94. The van der Waals surface area contributed by atoms with Gasteiger partial charge in [-0.2, -0.15) is 0 Å². The minimum Gasteiger partial charge on any atom is -0.330 e. The molecule has 0 fully saturated rings. The summed E-state index contributed by atoms with van der Waals surface area (Å²) in [6, 6.07) is 52.8. The first-order valence-electron chi connectivity index (χ1n) is 24.8. The second-order valence-electron chi connectivity index (χ2n) is 24.1. The van der Waals surface area contributed by atoms with Crippen molar-refractivity contribution in [1.82, 2.24) is 0 Å². The van der Waals surface area contributed by atoms with Gasteiger partial charge in [0, 0.05) is 50.9 Å². The lowest BCUT2D eigenvalue weighted by molar-refractivity contribution is 0.245. The molecule has 0 radical (unpaired) electrons. The summed E-state index contributed by atoms with van der Waals surface area (Å²) in [5.74, 6) is 0. The fourth-order valence-electron chi connectivity index (χ4n) is 12.7. The SMILES string of the molecule is Cc1cc2c3c(c1)N(c1ccc(C(C)(C)C)cc1)c1cc(N4c5c(C)cc(C)cc5C5(C)CCc6ccccc6C45C)ccc1B3c1cc(C(C)(C)C)ccc1N2c1ccc(C(C)(C)C)cc1. The topological polar surface area (TPSA) is 9.72 Å². The molecule has 0 N–H and O–H groups in total. The molecule has 67 heavy (non-hydrogen) atoms. The lowest BCUT2D eigenvalue weighted by Crippen LogP contribution is -2.61. The number of hydrogen-bond donors (Lipinski definition) is 0. The zero-order chi connectivity index (χ0) is 47.3. The minimum atomic E-state index is -0.311. The fraction of sp³-hybridized carbons (Fsp3) is 0.333. The van der Waals surface area contributed by atoms with Crippen LogP contribution in [0.4, 0.5) is 45.5 Å². The highest BCUT2D eigenvalue weighted by atomic mass is 15.3. The van der Waals surface area contributed by atoms with Gasteiger partial charge in [0.15, 0.2) is 0 Å². The summed E-state index contributed by atoms with van der Waals surface area (Å²) in [6.07, 6.45) is 2.18. The van der Waals surface area contributed by atoms with Gasteiger partial charge in [-0.3, -0.25) is 0 Å². The molecule has 3 heterocycles. The van der Waals surface area contributed by atoms with Crippen LogP contribution in [0.25, 0.3) is 0 Å². The van der Waals surface area contributed by atoms with Crippen molar-refractivity contribution in [2.75, 3.05) is 14.7 Å². The van der Waals surface area contributed by atoms with E-state index in [2.05, 4.69) is 245 Å². The zero-order valence-electron chi connectivity index (χ0n) is 42.5. The molecule has 0 amide bonds. The van der Waals surface area contributed by atoms with Crippen LogP contribution >= 0.6 is 0 Å². The Labute approximate surface area is 402 Å². The van der Waals surface area contributed by atoms with Gasteiger partial charge < -0.3 is 14.7 Å². The second-order valence-corrected chi connectivity index (χ2v) is 24.1. The van der Waals surface area contributed by atoms with Crippen molar-refractivity contribution in [3.05, 3.63) is 184 Å². The molecule has 0 bridgehead atoms. The maximum atomic E-state index is 2.77. The third-order valence-electron chi connectivity index (χ3n) is 16.5. The van der Waals surface area contributed by atoms with Gasteiger partial charge in [-0.1, -0.05) is 154 Å². The molecular weight excluding hydrogens is 810 g/mol. The molecule has 2 atom stereocenters. The maximum Gasteiger partial charge on any atom is 0.252 e. The van der Waals surface area contributed by atoms with Gasteiger partial charge in [0.1, 0.15) is 0 Å². The number of aryl methyl sites for hydroxylation is 4. The Hall–Kier alpha value is -6.00. The van der Waals surface area contributed by atoms with Crippen LogP contribution in [0.2, 0.25) is 0 Å². The van der Waals surface area contributed by atoms with Crippen LogP contribution < -0.4 is 31.1 Å². The maximum absolute atomic E-state index is 2.77. The Morgan fingerprint density at radius 3 is 1.61 bits per heavy atom. The Kier molecular flexibility index (Phi) is 9.43. The summed E-state index contributed by atoms with van der Waals surface area (Å²) in [7, 11) is 0. The Balaban J connectivity index is 1.21. The number of rotatable bonds is 3. The molecule has 2 unspecified atom stereocenters. The zero-order valence-corrected chi connectivity index (χ0v) is 42.5. The van der Waals surface area contributed by atoms with Crippen molar-refractivity contribution in [3.63, 3.8) is 0 Å². The summed E-state index contributed by atoms with van der Waals surface area (Å²) < 4.78 is 0. The summed E-state index contributed by atoms with van der Waals surface area (Å²) in [5.41, 5.74) is 26.1. The molecule has 7 aromatic carbocycles. The van der Waals surface area contributed by atoms with Crippen LogP contribution in [0.3, 0.4) is 0 Å². The van der Waals surface area contributed by atoms with Crippen LogP contribution in [0, 0.1) is 20.8 Å². The monoisotopic (exact) mass is 878 g/mol. The lowest BCUT2D eigenvalue weighted by Gasteiger charge is -2.51. The molecule has 0 aromatic heterocycles. The highest BCUT2D eigenvalue weighted by Gasteiger charge is 2.60. The Morgan fingerprint density at radius 1 is 0.478 bits per heavy atom. The molecule has 0 saturated heterocycles. The van der Waals surface area contributed by atoms with E-state index in [0.717, 1.165) is 12.8 Å². The van der Waals surface area contributed by atoms with Gasteiger partial charge in [-0.15, -0.1) is 0 Å². The molecule has 11 rings (SSSR count). The fourth-order valence-corrected chi connectivity index (χ4v) is 12.7. The van der Waals surface area contributed by atoms with E-state index in [9.17, 15) is 0 Å². The van der Waals surface area contributed by atoms with Crippen molar-refractivity contribution in [2.45, 2.75) is 137 Å². The number of fused-ring (bicyclic) bond motifs is 9. The van der Waals surface area contributed by atoms with Crippen molar-refractivity contribution < 1.29 is 0 Å². The number of nitrogens with zero attached hydrogens (tertiary/aromatic N) is 3. The highest BCUT2D eigenvalue weighted by Crippen LogP contribution is 2.65. The van der Waals surface area contributed by atoms with Gasteiger partial charge in [0.25, 0.3) is 6.71 Å². The van der Waals surface area contributed by atoms with Gasteiger partial charge in [0.05, 0.1) is 5.54 Å². The van der Waals surface area contributed by atoms with E-state index < -0.39 is 0 Å². The molecule has 0 spiro atoms. The van der Waals surface area contributed by atoms with Gasteiger partial charge in [-0.25, -0.2) is 0 Å². The number of benzene rings is 7. The average Bonchev–Trinajstić information content (AvgIpc) is 3.48. The van der Waals surface area contributed by atoms with Gasteiger partial charge >= 0.3 is 0 Å². The predicted octanol–water partition coefficient (Wildman–Crippen LogP) is 14.9. The van der Waals surface area contributed by atoms with Crippen LogP contribution in [0.1, 0.15) is 133 Å². The third kappa shape index (κ3) is 6.37. The lowest BCUT2D eigenvalue weighted by atomic mass is 9.33. The Bertz CT molecular complexity index is 3160.